The predicted molar refractivity (Wildman–Crippen MR) is 133 cm³/mol. The number of carbonyl (C=O) groups is 3. The summed E-state index contributed by atoms with van der Waals surface area (Å²) in [5.41, 5.74) is 1.29. The first-order valence-corrected chi connectivity index (χ1v) is 11.4. The Morgan fingerprint density at radius 2 is 1.65 bits per heavy atom. The average molecular weight is 507 g/mol. The molecule has 0 saturated heterocycles. The van der Waals surface area contributed by atoms with Crippen molar-refractivity contribution in [2.45, 2.75) is 32.8 Å². The molecule has 0 N–H and O–H groups in total. The van der Waals surface area contributed by atoms with Crippen LogP contribution in [0.15, 0.2) is 59.0 Å². The van der Waals surface area contributed by atoms with Gasteiger partial charge in [-0.2, -0.15) is 0 Å². The van der Waals surface area contributed by atoms with E-state index in [9.17, 15) is 23.2 Å². The topological polar surface area (TPSA) is 82.8 Å². The maximum Gasteiger partial charge on any atom is 0.341 e. The molecule has 0 aliphatic carbocycles. The molecule has 6 nitrogen and oxygen atoms in total. The van der Waals surface area contributed by atoms with E-state index in [1.54, 1.807) is 32.9 Å². The molecule has 0 amide bonds. The summed E-state index contributed by atoms with van der Waals surface area (Å²) in [6, 6.07) is 12.7. The number of rotatable bonds is 6. The van der Waals surface area contributed by atoms with E-state index in [4.69, 9.17) is 13.9 Å². The predicted octanol–water partition coefficient (Wildman–Crippen LogP) is 6.53. The van der Waals surface area contributed by atoms with Gasteiger partial charge in [0.25, 0.3) is 0 Å². The molecule has 0 spiro atoms. The fraction of sp³-hybridized carbons (Fsp3) is 0.207. The zero-order chi connectivity index (χ0) is 26.9. The lowest BCUT2D eigenvalue weighted by Crippen LogP contribution is -2.24. The average Bonchev–Trinajstić information content (AvgIpc) is 3.20. The van der Waals surface area contributed by atoms with E-state index in [1.165, 1.54) is 43.5 Å². The lowest BCUT2D eigenvalue weighted by molar-refractivity contribution is -0.139. The number of fused-ring (bicyclic) bond motifs is 1. The first-order valence-electron chi connectivity index (χ1n) is 11.4. The highest BCUT2D eigenvalue weighted by atomic mass is 19.1. The molecule has 4 aromatic rings. The summed E-state index contributed by atoms with van der Waals surface area (Å²) >= 11 is 0. The van der Waals surface area contributed by atoms with Crippen molar-refractivity contribution >= 4 is 29.2 Å². The monoisotopic (exact) mass is 506 g/mol. The van der Waals surface area contributed by atoms with E-state index >= 15 is 0 Å². The van der Waals surface area contributed by atoms with E-state index in [1.807, 2.05) is 0 Å². The number of aldehydes is 1. The van der Waals surface area contributed by atoms with Crippen molar-refractivity contribution in [3.05, 3.63) is 82.9 Å². The standard InChI is InChI=1S/C29H24F2O6/c1-29(2,3)37-28(34)22-11-17(7-10-24(22)31)20-14-21-23(15-32)27(16-5-8-19(30)9-6-16)36-25(21)12-18(20)13-26(33)35-4/h5-12,14-15H,13H2,1-4H3. The fourth-order valence-electron chi connectivity index (χ4n) is 3.96. The number of ether oxygens (including phenoxy) is 2. The van der Waals surface area contributed by atoms with Crippen LogP contribution < -0.4 is 0 Å². The molecule has 8 heteroatoms. The highest BCUT2D eigenvalue weighted by Gasteiger charge is 2.24. The lowest BCUT2D eigenvalue weighted by Gasteiger charge is -2.20. The molecule has 4 rings (SSSR count). The minimum atomic E-state index is -0.835. The van der Waals surface area contributed by atoms with Crippen LogP contribution in [0.4, 0.5) is 8.78 Å². The van der Waals surface area contributed by atoms with E-state index in [-0.39, 0.29) is 23.3 Å². The second kappa shape index (κ2) is 9.97. The quantitative estimate of drug-likeness (QED) is 0.218. The Labute approximate surface area is 211 Å². The van der Waals surface area contributed by atoms with Crippen LogP contribution in [0.2, 0.25) is 0 Å². The van der Waals surface area contributed by atoms with Gasteiger partial charge >= 0.3 is 11.9 Å². The third-order valence-electron chi connectivity index (χ3n) is 5.64. The summed E-state index contributed by atoms with van der Waals surface area (Å²) in [7, 11) is 1.25. The van der Waals surface area contributed by atoms with Crippen molar-refractivity contribution in [1.29, 1.82) is 0 Å². The molecule has 190 valence electrons. The summed E-state index contributed by atoms with van der Waals surface area (Å²) in [5.74, 6) is -2.33. The molecule has 1 heterocycles. The fourth-order valence-corrected chi connectivity index (χ4v) is 3.96. The molecule has 37 heavy (non-hydrogen) atoms. The maximum absolute atomic E-state index is 14.6. The first-order chi connectivity index (χ1) is 17.5. The second-order valence-corrected chi connectivity index (χ2v) is 9.42. The minimum absolute atomic E-state index is 0.149. The number of benzene rings is 3. The zero-order valence-corrected chi connectivity index (χ0v) is 20.7. The number of hydrogen-bond acceptors (Lipinski definition) is 6. The highest BCUT2D eigenvalue weighted by molar-refractivity contribution is 6.05. The number of furan rings is 1. The minimum Gasteiger partial charge on any atom is -0.469 e. The molecule has 0 bridgehead atoms. The molecule has 0 unspecified atom stereocenters. The Bertz CT molecular complexity index is 1510. The van der Waals surface area contributed by atoms with Crippen LogP contribution in [0.1, 0.15) is 47.1 Å². The molecule has 3 aromatic carbocycles. The molecule has 0 fully saturated rings. The number of esters is 2. The van der Waals surface area contributed by atoms with Crippen LogP contribution >= 0.6 is 0 Å². The van der Waals surface area contributed by atoms with Crippen LogP contribution in [0.25, 0.3) is 33.4 Å². The molecule has 0 aliphatic rings. The maximum atomic E-state index is 14.6. The molecular weight excluding hydrogens is 482 g/mol. The Morgan fingerprint density at radius 3 is 2.27 bits per heavy atom. The van der Waals surface area contributed by atoms with E-state index < -0.39 is 29.2 Å². The molecular formula is C29H24F2O6. The second-order valence-electron chi connectivity index (χ2n) is 9.42. The summed E-state index contributed by atoms with van der Waals surface area (Å²) in [5, 5.41) is 0.432. The summed E-state index contributed by atoms with van der Waals surface area (Å²) in [6.45, 7) is 5.02. The van der Waals surface area contributed by atoms with Crippen molar-refractivity contribution in [1.82, 2.24) is 0 Å². The van der Waals surface area contributed by atoms with Crippen LogP contribution in [0.3, 0.4) is 0 Å². The van der Waals surface area contributed by atoms with E-state index in [2.05, 4.69) is 0 Å². The van der Waals surface area contributed by atoms with E-state index in [0.717, 1.165) is 6.07 Å². The summed E-state index contributed by atoms with van der Waals surface area (Å²) < 4.78 is 44.2. The van der Waals surface area contributed by atoms with Crippen molar-refractivity contribution in [3.63, 3.8) is 0 Å². The molecule has 0 radical (unpaired) electrons. The molecule has 0 atom stereocenters. The Hall–Kier alpha value is -4.33. The summed E-state index contributed by atoms with van der Waals surface area (Å²) in [6.07, 6.45) is 0.481. The summed E-state index contributed by atoms with van der Waals surface area (Å²) in [4.78, 5) is 36.9. The van der Waals surface area contributed by atoms with Crippen molar-refractivity contribution in [2.24, 2.45) is 0 Å². The molecule has 0 aliphatic heterocycles. The van der Waals surface area contributed by atoms with E-state index in [0.29, 0.717) is 39.5 Å². The van der Waals surface area contributed by atoms with Crippen LogP contribution in [0, 0.1) is 11.6 Å². The van der Waals surface area contributed by atoms with Gasteiger partial charge in [-0.1, -0.05) is 6.07 Å². The Kier molecular flexibility index (Phi) is 6.94. The van der Waals surface area contributed by atoms with Gasteiger partial charge in [0.15, 0.2) is 6.29 Å². The number of halogens is 2. The van der Waals surface area contributed by atoms with Gasteiger partial charge in [-0.3, -0.25) is 9.59 Å². The van der Waals surface area contributed by atoms with Crippen molar-refractivity contribution in [2.75, 3.05) is 7.11 Å². The third kappa shape index (κ3) is 5.43. The molecule has 0 saturated carbocycles. The van der Waals surface area contributed by atoms with Gasteiger partial charge in [0.2, 0.25) is 0 Å². The lowest BCUT2D eigenvalue weighted by atomic mass is 9.93. The van der Waals surface area contributed by atoms with Gasteiger partial charge in [-0.15, -0.1) is 0 Å². The van der Waals surface area contributed by atoms with Gasteiger partial charge in [-0.05, 0) is 86.0 Å². The zero-order valence-electron chi connectivity index (χ0n) is 20.7. The largest absolute Gasteiger partial charge is 0.469 e. The van der Waals surface area contributed by atoms with Crippen LogP contribution in [-0.4, -0.2) is 30.9 Å². The van der Waals surface area contributed by atoms with Gasteiger partial charge in [0, 0.05) is 10.9 Å². The van der Waals surface area contributed by atoms with Gasteiger partial charge in [-0.25, -0.2) is 13.6 Å². The van der Waals surface area contributed by atoms with Gasteiger partial charge < -0.3 is 13.9 Å². The number of hydrogen-bond donors (Lipinski definition) is 0. The van der Waals surface area contributed by atoms with Crippen molar-refractivity contribution < 1.29 is 37.1 Å². The smallest absolute Gasteiger partial charge is 0.341 e. The number of methoxy groups -OCH3 is 1. The van der Waals surface area contributed by atoms with Crippen LogP contribution in [0.5, 0.6) is 0 Å². The first kappa shape index (κ1) is 25.8. The van der Waals surface area contributed by atoms with Gasteiger partial charge in [0.1, 0.15) is 28.6 Å². The Morgan fingerprint density at radius 1 is 0.973 bits per heavy atom. The third-order valence-corrected chi connectivity index (χ3v) is 5.64. The van der Waals surface area contributed by atoms with Gasteiger partial charge in [0.05, 0.1) is 24.7 Å². The highest BCUT2D eigenvalue weighted by Crippen LogP contribution is 2.38. The molecule has 1 aromatic heterocycles. The normalized spacial score (nSPS) is 11.4. The SMILES string of the molecule is COC(=O)Cc1cc2oc(-c3ccc(F)cc3)c(C=O)c2cc1-c1ccc(F)c(C(=O)OC(C)(C)C)c1. The van der Waals surface area contributed by atoms with Crippen LogP contribution in [-0.2, 0) is 20.7 Å². The Balaban J connectivity index is 1.93. The van der Waals surface area contributed by atoms with Crippen molar-refractivity contribution in [3.8, 4) is 22.5 Å². The number of carbonyl (C=O) groups excluding carboxylic acids is 3.